The molecule has 0 heterocycles. The number of para-hydroxylation sites is 1. The molecule has 1 amide bonds. The zero-order valence-corrected chi connectivity index (χ0v) is 12.5. The van der Waals surface area contributed by atoms with Gasteiger partial charge in [-0.3, -0.25) is 4.79 Å². The first-order chi connectivity index (χ1) is 10.7. The molecule has 0 aliphatic heterocycles. The van der Waals surface area contributed by atoms with Gasteiger partial charge in [0.1, 0.15) is 11.5 Å². The van der Waals surface area contributed by atoms with Crippen molar-refractivity contribution in [3.63, 3.8) is 0 Å². The second-order valence-electron chi connectivity index (χ2n) is 4.73. The summed E-state index contributed by atoms with van der Waals surface area (Å²) in [7, 11) is 1.62. The van der Waals surface area contributed by atoms with E-state index in [9.17, 15) is 4.79 Å². The largest absolute Gasteiger partial charge is 0.497 e. The quantitative estimate of drug-likeness (QED) is 0.818. The van der Waals surface area contributed by atoms with Gasteiger partial charge in [-0.15, -0.1) is 0 Å². The molecule has 2 aromatic carbocycles. The van der Waals surface area contributed by atoms with E-state index in [0.717, 1.165) is 16.9 Å². The summed E-state index contributed by atoms with van der Waals surface area (Å²) in [4.78, 5) is 11.8. The van der Waals surface area contributed by atoms with Crippen LogP contribution in [-0.2, 0) is 17.9 Å². The number of carbonyl (C=O) groups is 1. The van der Waals surface area contributed by atoms with Gasteiger partial charge in [0.25, 0.3) is 5.91 Å². The van der Waals surface area contributed by atoms with Crippen molar-refractivity contribution in [2.24, 2.45) is 5.73 Å². The second-order valence-corrected chi connectivity index (χ2v) is 4.73. The summed E-state index contributed by atoms with van der Waals surface area (Å²) in [6, 6.07) is 14.9. The van der Waals surface area contributed by atoms with Crippen molar-refractivity contribution in [2.75, 3.05) is 13.7 Å². The molecule has 0 aliphatic carbocycles. The summed E-state index contributed by atoms with van der Waals surface area (Å²) in [6.07, 6.45) is 0. The molecule has 3 N–H and O–H groups in total. The molecule has 0 atom stereocenters. The molecule has 0 saturated heterocycles. The number of hydrogen-bond acceptors (Lipinski definition) is 4. The molecule has 0 aromatic heterocycles. The SMILES string of the molecule is COc1ccc(CNC(=O)COc2ccccc2CN)cc1. The molecule has 0 saturated carbocycles. The minimum atomic E-state index is -0.178. The van der Waals surface area contributed by atoms with Crippen LogP contribution in [0.2, 0.25) is 0 Å². The van der Waals surface area contributed by atoms with Gasteiger partial charge >= 0.3 is 0 Å². The smallest absolute Gasteiger partial charge is 0.258 e. The van der Waals surface area contributed by atoms with E-state index in [1.165, 1.54) is 0 Å². The Balaban J connectivity index is 1.80. The van der Waals surface area contributed by atoms with Crippen molar-refractivity contribution in [1.82, 2.24) is 5.32 Å². The van der Waals surface area contributed by atoms with Crippen LogP contribution in [0.3, 0.4) is 0 Å². The number of methoxy groups -OCH3 is 1. The first-order valence-corrected chi connectivity index (χ1v) is 7.03. The van der Waals surface area contributed by atoms with Crippen LogP contribution in [0.5, 0.6) is 11.5 Å². The number of rotatable bonds is 7. The lowest BCUT2D eigenvalue weighted by molar-refractivity contribution is -0.123. The third kappa shape index (κ3) is 4.49. The Labute approximate surface area is 130 Å². The molecule has 5 heteroatoms. The third-order valence-electron chi connectivity index (χ3n) is 3.20. The van der Waals surface area contributed by atoms with Crippen LogP contribution in [0.25, 0.3) is 0 Å². The van der Waals surface area contributed by atoms with Gasteiger partial charge in [0, 0.05) is 18.7 Å². The van der Waals surface area contributed by atoms with Crippen LogP contribution in [0.4, 0.5) is 0 Å². The Morgan fingerprint density at radius 2 is 1.86 bits per heavy atom. The summed E-state index contributed by atoms with van der Waals surface area (Å²) in [5, 5.41) is 2.81. The Kier molecular flexibility index (Phi) is 5.80. The Bertz CT molecular complexity index is 612. The highest BCUT2D eigenvalue weighted by Gasteiger charge is 2.05. The van der Waals surface area contributed by atoms with E-state index < -0.39 is 0 Å². The average Bonchev–Trinajstić information content (AvgIpc) is 2.58. The van der Waals surface area contributed by atoms with Crippen LogP contribution in [0.1, 0.15) is 11.1 Å². The van der Waals surface area contributed by atoms with Gasteiger partial charge in [-0.2, -0.15) is 0 Å². The average molecular weight is 300 g/mol. The van der Waals surface area contributed by atoms with E-state index in [1.54, 1.807) is 13.2 Å². The van der Waals surface area contributed by atoms with Crippen LogP contribution >= 0.6 is 0 Å². The predicted octanol–water partition coefficient (Wildman–Crippen LogP) is 1.85. The first-order valence-electron chi connectivity index (χ1n) is 7.03. The zero-order valence-electron chi connectivity index (χ0n) is 12.5. The van der Waals surface area contributed by atoms with Crippen molar-refractivity contribution in [1.29, 1.82) is 0 Å². The summed E-state index contributed by atoms with van der Waals surface area (Å²) < 4.78 is 10.6. The van der Waals surface area contributed by atoms with E-state index in [2.05, 4.69) is 5.32 Å². The van der Waals surface area contributed by atoms with E-state index in [-0.39, 0.29) is 12.5 Å². The fourth-order valence-corrected chi connectivity index (χ4v) is 1.95. The molecule has 5 nitrogen and oxygen atoms in total. The highest BCUT2D eigenvalue weighted by Crippen LogP contribution is 2.16. The summed E-state index contributed by atoms with van der Waals surface area (Å²) in [5.74, 6) is 1.25. The molecule has 2 rings (SSSR count). The van der Waals surface area contributed by atoms with E-state index in [1.807, 2.05) is 42.5 Å². The second kappa shape index (κ2) is 8.05. The first kappa shape index (κ1) is 15.9. The lowest BCUT2D eigenvalue weighted by Gasteiger charge is -2.10. The van der Waals surface area contributed by atoms with Gasteiger partial charge in [0.15, 0.2) is 6.61 Å². The van der Waals surface area contributed by atoms with Gasteiger partial charge in [-0.1, -0.05) is 30.3 Å². The molecular formula is C17H20N2O3. The van der Waals surface area contributed by atoms with Crippen molar-refractivity contribution in [3.05, 3.63) is 59.7 Å². The van der Waals surface area contributed by atoms with Crippen molar-refractivity contribution < 1.29 is 14.3 Å². The van der Waals surface area contributed by atoms with Crippen LogP contribution in [0, 0.1) is 0 Å². The molecular weight excluding hydrogens is 280 g/mol. The fraction of sp³-hybridized carbons (Fsp3) is 0.235. The number of ether oxygens (including phenoxy) is 2. The number of nitrogens with two attached hydrogens (primary N) is 1. The van der Waals surface area contributed by atoms with Gasteiger partial charge in [-0.05, 0) is 23.8 Å². The number of nitrogens with one attached hydrogen (secondary N) is 1. The van der Waals surface area contributed by atoms with Gasteiger partial charge in [-0.25, -0.2) is 0 Å². The molecule has 0 fully saturated rings. The minimum absolute atomic E-state index is 0.0346. The van der Waals surface area contributed by atoms with E-state index in [0.29, 0.717) is 18.8 Å². The van der Waals surface area contributed by atoms with Crippen molar-refractivity contribution in [2.45, 2.75) is 13.1 Å². The normalized spacial score (nSPS) is 10.1. The molecule has 0 bridgehead atoms. The summed E-state index contributed by atoms with van der Waals surface area (Å²) in [5.41, 5.74) is 7.50. The Morgan fingerprint density at radius 3 is 2.55 bits per heavy atom. The lowest BCUT2D eigenvalue weighted by atomic mass is 10.2. The van der Waals surface area contributed by atoms with Crippen molar-refractivity contribution in [3.8, 4) is 11.5 Å². The number of amides is 1. The predicted molar refractivity (Wildman–Crippen MR) is 84.7 cm³/mol. The summed E-state index contributed by atoms with van der Waals surface area (Å²) in [6.45, 7) is 0.793. The molecule has 0 unspecified atom stereocenters. The van der Waals surface area contributed by atoms with Crippen LogP contribution in [-0.4, -0.2) is 19.6 Å². The third-order valence-corrected chi connectivity index (χ3v) is 3.20. The van der Waals surface area contributed by atoms with Crippen LogP contribution < -0.4 is 20.5 Å². The van der Waals surface area contributed by atoms with E-state index in [4.69, 9.17) is 15.2 Å². The van der Waals surface area contributed by atoms with E-state index >= 15 is 0 Å². The molecule has 0 spiro atoms. The highest BCUT2D eigenvalue weighted by molar-refractivity contribution is 5.77. The van der Waals surface area contributed by atoms with Gasteiger partial charge in [0.2, 0.25) is 0 Å². The molecule has 116 valence electrons. The maximum absolute atomic E-state index is 11.8. The Hall–Kier alpha value is -2.53. The Morgan fingerprint density at radius 1 is 1.14 bits per heavy atom. The zero-order chi connectivity index (χ0) is 15.8. The van der Waals surface area contributed by atoms with Gasteiger partial charge < -0.3 is 20.5 Å². The number of hydrogen-bond donors (Lipinski definition) is 2. The number of benzene rings is 2. The topological polar surface area (TPSA) is 73.6 Å². The standard InChI is InChI=1S/C17H20N2O3/c1-21-15-8-6-13(7-9-15)11-19-17(20)12-22-16-5-3-2-4-14(16)10-18/h2-9H,10-12,18H2,1H3,(H,19,20). The maximum atomic E-state index is 11.8. The fourth-order valence-electron chi connectivity index (χ4n) is 1.95. The number of carbonyl (C=O) groups excluding carboxylic acids is 1. The maximum Gasteiger partial charge on any atom is 0.258 e. The van der Waals surface area contributed by atoms with Crippen LogP contribution in [0.15, 0.2) is 48.5 Å². The summed E-state index contributed by atoms with van der Waals surface area (Å²) >= 11 is 0. The minimum Gasteiger partial charge on any atom is -0.497 e. The monoisotopic (exact) mass is 300 g/mol. The highest BCUT2D eigenvalue weighted by atomic mass is 16.5. The lowest BCUT2D eigenvalue weighted by Crippen LogP contribution is -2.28. The molecule has 22 heavy (non-hydrogen) atoms. The molecule has 2 aromatic rings. The molecule has 0 aliphatic rings. The van der Waals surface area contributed by atoms with Gasteiger partial charge in [0.05, 0.1) is 7.11 Å². The molecule has 0 radical (unpaired) electrons. The van der Waals surface area contributed by atoms with Crippen molar-refractivity contribution >= 4 is 5.91 Å².